The number of amides is 2. The van der Waals surface area contributed by atoms with Crippen molar-refractivity contribution >= 4 is 23.3 Å². The number of ketones is 1. The lowest BCUT2D eigenvalue weighted by Crippen LogP contribution is -2.61. The van der Waals surface area contributed by atoms with E-state index in [0.717, 1.165) is 18.5 Å². The van der Waals surface area contributed by atoms with Crippen molar-refractivity contribution in [3.05, 3.63) is 52.6 Å². The number of nitrogens with one attached hydrogen (secondary N) is 2. The molecule has 1 aromatic carbocycles. The Morgan fingerprint density at radius 2 is 1.93 bits per heavy atom. The summed E-state index contributed by atoms with van der Waals surface area (Å²) in [5.41, 5.74) is 1.68. The minimum atomic E-state index is -0.701. The lowest BCUT2D eigenvalue weighted by atomic mass is 10.0. The number of aromatic nitrogens is 1. The van der Waals surface area contributed by atoms with E-state index in [1.54, 1.807) is 17.6 Å². The highest BCUT2D eigenvalue weighted by molar-refractivity contribution is 6.42. The Morgan fingerprint density at radius 1 is 1.17 bits per heavy atom. The predicted octanol–water partition coefficient (Wildman–Crippen LogP) is 2.61. The van der Waals surface area contributed by atoms with Crippen molar-refractivity contribution in [3.8, 4) is 0 Å². The second-order valence-corrected chi connectivity index (χ2v) is 8.25. The second kappa shape index (κ2) is 7.68. The quantitative estimate of drug-likeness (QED) is 0.583. The number of benzene rings is 1. The molecule has 1 saturated heterocycles. The Kier molecular flexibility index (Phi) is 5.19. The molecule has 0 aliphatic carbocycles. The van der Waals surface area contributed by atoms with Gasteiger partial charge < -0.3 is 19.9 Å². The first-order chi connectivity index (χ1) is 14.3. The number of hydrogen-bond acceptors (Lipinski definition) is 4. The van der Waals surface area contributed by atoms with E-state index in [9.17, 15) is 18.8 Å². The van der Waals surface area contributed by atoms with Crippen LogP contribution in [-0.2, 0) is 22.5 Å². The van der Waals surface area contributed by atoms with Crippen molar-refractivity contribution in [1.82, 2.24) is 9.88 Å². The number of nitrogens with zero attached hydrogens (tertiary/aromatic N) is 1. The molecule has 0 radical (unpaired) electrons. The predicted molar refractivity (Wildman–Crippen MR) is 108 cm³/mol. The summed E-state index contributed by atoms with van der Waals surface area (Å²) in [6.07, 6.45) is 2.41. The molecule has 1 fully saturated rings. The van der Waals surface area contributed by atoms with E-state index in [2.05, 4.69) is 10.6 Å². The Bertz CT molecular complexity index is 1040. The molecule has 0 spiro atoms. The Hall–Kier alpha value is -3.00. The van der Waals surface area contributed by atoms with Gasteiger partial charge in [-0.05, 0) is 62.9 Å². The zero-order valence-corrected chi connectivity index (χ0v) is 17.0. The molecule has 0 saturated carbocycles. The molecule has 2 amide bonds. The molecule has 158 valence electrons. The van der Waals surface area contributed by atoms with Gasteiger partial charge in [-0.15, -0.1) is 0 Å². The van der Waals surface area contributed by atoms with Crippen LogP contribution in [0, 0.1) is 12.7 Å². The standard InChI is InChI=1S/C22H24FN3O4/c1-13-9-14(6-7-16(13)23)24-20(28)15-10-18(26-8-4-3-5-17(15)26)19(27)21(29)25-22(2)11-30-12-22/h6-7,9-10H,3-5,8,11-12H2,1-2H3,(H,24,28)(H,25,29). The SMILES string of the molecule is Cc1cc(NC(=O)c2cc(C(=O)C(=O)NC3(C)COC3)n3c2CCCC3)ccc1F. The maximum absolute atomic E-state index is 13.5. The topological polar surface area (TPSA) is 89.4 Å². The summed E-state index contributed by atoms with van der Waals surface area (Å²) in [4.78, 5) is 38.3. The van der Waals surface area contributed by atoms with Crippen LogP contribution in [-0.4, -0.2) is 40.9 Å². The fourth-order valence-electron chi connectivity index (χ4n) is 3.91. The van der Waals surface area contributed by atoms with Gasteiger partial charge in [0, 0.05) is 17.9 Å². The molecular weight excluding hydrogens is 389 g/mol. The molecule has 0 atom stereocenters. The second-order valence-electron chi connectivity index (χ2n) is 8.25. The summed E-state index contributed by atoms with van der Waals surface area (Å²) >= 11 is 0. The number of hydrogen-bond donors (Lipinski definition) is 2. The monoisotopic (exact) mass is 413 g/mol. The summed E-state index contributed by atoms with van der Waals surface area (Å²) in [5.74, 6) is -2.10. The number of rotatable bonds is 5. The summed E-state index contributed by atoms with van der Waals surface area (Å²) in [6.45, 7) is 4.74. The van der Waals surface area contributed by atoms with Crippen molar-refractivity contribution in [2.75, 3.05) is 18.5 Å². The van der Waals surface area contributed by atoms with E-state index < -0.39 is 17.2 Å². The van der Waals surface area contributed by atoms with Crippen molar-refractivity contribution in [2.45, 2.75) is 45.2 Å². The van der Waals surface area contributed by atoms with E-state index in [1.165, 1.54) is 18.2 Å². The van der Waals surface area contributed by atoms with Crippen LogP contribution >= 0.6 is 0 Å². The molecule has 0 unspecified atom stereocenters. The van der Waals surface area contributed by atoms with Crippen molar-refractivity contribution in [3.63, 3.8) is 0 Å². The zero-order valence-electron chi connectivity index (χ0n) is 17.0. The highest BCUT2D eigenvalue weighted by Gasteiger charge is 2.37. The molecule has 2 aliphatic rings. The van der Waals surface area contributed by atoms with Gasteiger partial charge in [0.2, 0.25) is 0 Å². The third kappa shape index (κ3) is 3.75. The highest BCUT2D eigenvalue weighted by Crippen LogP contribution is 2.26. The Balaban J connectivity index is 1.60. The molecule has 2 aromatic rings. The number of halogens is 1. The first-order valence-electron chi connectivity index (χ1n) is 10.0. The van der Waals surface area contributed by atoms with Crippen LogP contribution in [0.5, 0.6) is 0 Å². The van der Waals surface area contributed by atoms with Gasteiger partial charge in [0.1, 0.15) is 5.82 Å². The number of Topliss-reactive ketones (excluding diaryl/α,β-unsaturated/α-hetero) is 1. The zero-order chi connectivity index (χ0) is 21.5. The van der Waals surface area contributed by atoms with E-state index in [0.29, 0.717) is 43.0 Å². The minimum Gasteiger partial charge on any atom is -0.376 e. The fourth-order valence-corrected chi connectivity index (χ4v) is 3.91. The molecule has 3 heterocycles. The molecule has 1 aromatic heterocycles. The number of carbonyl (C=O) groups is 3. The normalized spacial score (nSPS) is 16.9. The maximum atomic E-state index is 13.5. The lowest BCUT2D eigenvalue weighted by Gasteiger charge is -2.38. The molecule has 2 aliphatic heterocycles. The van der Waals surface area contributed by atoms with Crippen molar-refractivity contribution < 1.29 is 23.5 Å². The van der Waals surface area contributed by atoms with Gasteiger partial charge in [-0.25, -0.2) is 4.39 Å². The molecule has 4 rings (SSSR count). The largest absolute Gasteiger partial charge is 0.376 e. The third-order valence-corrected chi connectivity index (χ3v) is 5.61. The van der Waals surface area contributed by atoms with Gasteiger partial charge in [0.15, 0.2) is 0 Å². The average Bonchev–Trinajstić information content (AvgIpc) is 3.08. The van der Waals surface area contributed by atoms with Gasteiger partial charge in [0.25, 0.3) is 17.6 Å². The summed E-state index contributed by atoms with van der Waals surface area (Å²) < 4.78 is 20.4. The average molecular weight is 413 g/mol. The van der Waals surface area contributed by atoms with Crippen molar-refractivity contribution in [2.24, 2.45) is 0 Å². The molecule has 7 nitrogen and oxygen atoms in total. The lowest BCUT2D eigenvalue weighted by molar-refractivity contribution is -0.126. The molecule has 0 bridgehead atoms. The summed E-state index contributed by atoms with van der Waals surface area (Å²) in [5, 5.41) is 5.49. The number of ether oxygens (including phenoxy) is 1. The van der Waals surface area contributed by atoms with E-state index >= 15 is 0 Å². The maximum Gasteiger partial charge on any atom is 0.294 e. The molecule has 30 heavy (non-hydrogen) atoms. The fraction of sp³-hybridized carbons (Fsp3) is 0.409. The minimum absolute atomic E-state index is 0.214. The number of fused-ring (bicyclic) bond motifs is 1. The third-order valence-electron chi connectivity index (χ3n) is 5.61. The van der Waals surface area contributed by atoms with Crippen LogP contribution in [0.4, 0.5) is 10.1 Å². The molecule has 2 N–H and O–H groups in total. The number of anilines is 1. The van der Waals surface area contributed by atoms with Crippen LogP contribution in [0.15, 0.2) is 24.3 Å². The van der Waals surface area contributed by atoms with Gasteiger partial charge in [-0.1, -0.05) is 0 Å². The number of aryl methyl sites for hydroxylation is 1. The van der Waals surface area contributed by atoms with Crippen molar-refractivity contribution in [1.29, 1.82) is 0 Å². The van der Waals surface area contributed by atoms with Crippen LogP contribution in [0.1, 0.15) is 51.9 Å². The summed E-state index contributed by atoms with van der Waals surface area (Å²) in [7, 11) is 0. The van der Waals surface area contributed by atoms with Gasteiger partial charge >= 0.3 is 0 Å². The number of carbonyl (C=O) groups excluding carboxylic acids is 3. The van der Waals surface area contributed by atoms with Crippen LogP contribution in [0.2, 0.25) is 0 Å². The first kappa shape index (κ1) is 20.3. The smallest absolute Gasteiger partial charge is 0.294 e. The van der Waals surface area contributed by atoms with Crippen LogP contribution in [0.3, 0.4) is 0 Å². The highest BCUT2D eigenvalue weighted by atomic mass is 19.1. The Labute approximate surface area is 173 Å². The van der Waals surface area contributed by atoms with Crippen LogP contribution in [0.25, 0.3) is 0 Å². The van der Waals surface area contributed by atoms with E-state index in [4.69, 9.17) is 4.74 Å². The summed E-state index contributed by atoms with van der Waals surface area (Å²) in [6, 6.07) is 5.83. The molecule has 8 heteroatoms. The first-order valence-corrected chi connectivity index (χ1v) is 10.0. The van der Waals surface area contributed by atoms with Gasteiger partial charge in [-0.3, -0.25) is 14.4 Å². The van der Waals surface area contributed by atoms with E-state index in [-0.39, 0.29) is 17.4 Å². The van der Waals surface area contributed by atoms with Crippen LogP contribution < -0.4 is 10.6 Å². The van der Waals surface area contributed by atoms with Gasteiger partial charge in [-0.2, -0.15) is 0 Å². The van der Waals surface area contributed by atoms with E-state index in [1.807, 2.05) is 6.92 Å². The molecular formula is C22H24FN3O4. The van der Waals surface area contributed by atoms with Gasteiger partial charge in [0.05, 0.1) is 30.0 Å². The Morgan fingerprint density at radius 3 is 2.60 bits per heavy atom.